The van der Waals surface area contributed by atoms with Crippen LogP contribution in [0, 0.1) is 0 Å². The van der Waals surface area contributed by atoms with E-state index in [2.05, 4.69) is 4.99 Å². The number of thioether (sulfide) groups is 1. The fraction of sp³-hybridized carbons (Fsp3) is 0.214. The molecule has 2 rings (SSSR count). The van der Waals surface area contributed by atoms with E-state index in [1.165, 1.54) is 0 Å². The van der Waals surface area contributed by atoms with Crippen LogP contribution in [0.3, 0.4) is 0 Å². The van der Waals surface area contributed by atoms with Gasteiger partial charge in [-0.25, -0.2) is 4.99 Å². The van der Waals surface area contributed by atoms with Gasteiger partial charge >= 0.3 is 5.97 Å². The third-order valence-electron chi connectivity index (χ3n) is 2.68. The maximum absolute atomic E-state index is 11.7. The van der Waals surface area contributed by atoms with Crippen LogP contribution in [0.5, 0.6) is 0 Å². The van der Waals surface area contributed by atoms with E-state index < -0.39 is 5.97 Å². The van der Waals surface area contributed by atoms with Gasteiger partial charge in [0.15, 0.2) is 0 Å². The number of hydrogen-bond donors (Lipinski definition) is 1. The SMILES string of the molecule is CN(C)c1ccc(C=C2N=C(CC(=O)O)SC2=O)cc1. The summed E-state index contributed by atoms with van der Waals surface area (Å²) in [5.74, 6) is -0.986. The van der Waals surface area contributed by atoms with Crippen molar-refractivity contribution >= 4 is 39.7 Å². The lowest BCUT2D eigenvalue weighted by atomic mass is 10.1. The van der Waals surface area contributed by atoms with Gasteiger partial charge in [-0.2, -0.15) is 0 Å². The van der Waals surface area contributed by atoms with E-state index >= 15 is 0 Å². The molecule has 0 fully saturated rings. The lowest BCUT2D eigenvalue weighted by Crippen LogP contribution is -2.07. The molecule has 1 heterocycles. The van der Waals surface area contributed by atoms with Gasteiger partial charge < -0.3 is 10.0 Å². The molecule has 1 aromatic carbocycles. The van der Waals surface area contributed by atoms with Gasteiger partial charge in [0.25, 0.3) is 0 Å². The lowest BCUT2D eigenvalue weighted by molar-refractivity contribution is -0.135. The second kappa shape index (κ2) is 5.92. The number of carboxylic acids is 1. The van der Waals surface area contributed by atoms with Crippen molar-refractivity contribution in [3.8, 4) is 0 Å². The monoisotopic (exact) mass is 290 g/mol. The lowest BCUT2D eigenvalue weighted by Gasteiger charge is -2.11. The van der Waals surface area contributed by atoms with Crippen LogP contribution in [0.2, 0.25) is 0 Å². The smallest absolute Gasteiger partial charge is 0.309 e. The van der Waals surface area contributed by atoms with Crippen molar-refractivity contribution in [3.63, 3.8) is 0 Å². The number of hydrogen-bond acceptors (Lipinski definition) is 5. The summed E-state index contributed by atoms with van der Waals surface area (Å²) >= 11 is 0.883. The molecule has 0 aliphatic carbocycles. The van der Waals surface area contributed by atoms with E-state index in [4.69, 9.17) is 5.11 Å². The van der Waals surface area contributed by atoms with Gasteiger partial charge in [0.1, 0.15) is 5.70 Å². The topological polar surface area (TPSA) is 70.0 Å². The Bertz CT molecular complexity index is 603. The van der Waals surface area contributed by atoms with Crippen LogP contribution in [0.25, 0.3) is 6.08 Å². The first-order valence-corrected chi connectivity index (χ1v) is 6.78. The Hall–Kier alpha value is -2.08. The second-order valence-electron chi connectivity index (χ2n) is 4.48. The number of aliphatic carboxylic acids is 1. The van der Waals surface area contributed by atoms with Crippen LogP contribution in [-0.2, 0) is 9.59 Å². The molecule has 0 atom stereocenters. The zero-order chi connectivity index (χ0) is 14.7. The van der Waals surface area contributed by atoms with Crippen LogP contribution in [0.1, 0.15) is 12.0 Å². The van der Waals surface area contributed by atoms with Gasteiger partial charge in [-0.3, -0.25) is 9.59 Å². The summed E-state index contributed by atoms with van der Waals surface area (Å²) in [7, 11) is 3.90. The van der Waals surface area contributed by atoms with Gasteiger partial charge in [0.05, 0.1) is 11.5 Å². The summed E-state index contributed by atoms with van der Waals surface area (Å²) in [6.45, 7) is 0. The zero-order valence-corrected chi connectivity index (χ0v) is 12.0. The molecule has 0 bridgehead atoms. The Labute approximate surface area is 121 Å². The second-order valence-corrected chi connectivity index (χ2v) is 5.53. The average Bonchev–Trinajstić information content (AvgIpc) is 2.69. The van der Waals surface area contributed by atoms with Crippen LogP contribution >= 0.6 is 11.8 Å². The minimum absolute atomic E-state index is 0.210. The van der Waals surface area contributed by atoms with E-state index in [1.807, 2.05) is 43.3 Å². The summed E-state index contributed by atoms with van der Waals surface area (Å²) in [6, 6.07) is 7.68. The van der Waals surface area contributed by atoms with Gasteiger partial charge in [-0.15, -0.1) is 0 Å². The first-order valence-electron chi connectivity index (χ1n) is 5.96. The highest BCUT2D eigenvalue weighted by molar-refractivity contribution is 8.27. The molecular formula is C14H14N2O3S. The van der Waals surface area contributed by atoms with Crippen molar-refractivity contribution in [3.05, 3.63) is 35.5 Å². The number of nitrogens with zero attached hydrogens (tertiary/aromatic N) is 2. The van der Waals surface area contributed by atoms with E-state index in [0.717, 1.165) is 23.0 Å². The van der Waals surface area contributed by atoms with Gasteiger partial charge in [-0.05, 0) is 35.5 Å². The number of aliphatic imine (C=N–C) groups is 1. The molecule has 104 valence electrons. The fourth-order valence-electron chi connectivity index (χ4n) is 1.68. The van der Waals surface area contributed by atoms with Gasteiger partial charge in [-0.1, -0.05) is 12.1 Å². The van der Waals surface area contributed by atoms with E-state index in [-0.39, 0.29) is 11.5 Å². The molecule has 1 aliphatic rings. The predicted molar refractivity (Wildman–Crippen MR) is 81.0 cm³/mol. The number of carbonyl (C=O) groups is 2. The normalized spacial score (nSPS) is 16.4. The summed E-state index contributed by atoms with van der Waals surface area (Å²) in [5.41, 5.74) is 2.22. The summed E-state index contributed by atoms with van der Waals surface area (Å²) in [6.07, 6.45) is 1.46. The number of rotatable bonds is 4. The molecule has 0 unspecified atom stereocenters. The molecule has 0 radical (unpaired) electrons. The Balaban J connectivity index is 2.19. The molecule has 5 nitrogen and oxygen atoms in total. The average molecular weight is 290 g/mol. The van der Waals surface area contributed by atoms with Gasteiger partial charge in [0.2, 0.25) is 5.12 Å². The first kappa shape index (κ1) is 14.3. The summed E-state index contributed by atoms with van der Waals surface area (Å²) < 4.78 is 0. The van der Waals surface area contributed by atoms with E-state index in [1.54, 1.807) is 6.08 Å². The van der Waals surface area contributed by atoms with Crippen molar-refractivity contribution in [1.82, 2.24) is 0 Å². The molecular weight excluding hydrogens is 276 g/mol. The van der Waals surface area contributed by atoms with Crippen molar-refractivity contribution in [1.29, 1.82) is 0 Å². The maximum atomic E-state index is 11.7. The van der Waals surface area contributed by atoms with Crippen molar-refractivity contribution in [2.75, 3.05) is 19.0 Å². The number of anilines is 1. The van der Waals surface area contributed by atoms with Crippen molar-refractivity contribution in [2.45, 2.75) is 6.42 Å². The highest BCUT2D eigenvalue weighted by Crippen LogP contribution is 2.27. The third-order valence-corrected chi connectivity index (χ3v) is 3.55. The maximum Gasteiger partial charge on any atom is 0.309 e. The molecule has 0 saturated carbocycles. The van der Waals surface area contributed by atoms with Crippen LogP contribution in [-0.4, -0.2) is 35.3 Å². The molecule has 0 aromatic heterocycles. The summed E-state index contributed by atoms with van der Waals surface area (Å²) in [5, 5.41) is 8.81. The Morgan fingerprint density at radius 3 is 2.55 bits per heavy atom. The van der Waals surface area contributed by atoms with E-state index in [0.29, 0.717) is 10.7 Å². The highest BCUT2D eigenvalue weighted by atomic mass is 32.2. The minimum atomic E-state index is -0.986. The number of carbonyl (C=O) groups excluding carboxylic acids is 1. The molecule has 1 aromatic rings. The molecule has 6 heteroatoms. The van der Waals surface area contributed by atoms with Crippen molar-refractivity contribution in [2.24, 2.45) is 4.99 Å². The zero-order valence-electron chi connectivity index (χ0n) is 11.2. The van der Waals surface area contributed by atoms with Crippen molar-refractivity contribution < 1.29 is 14.7 Å². The number of carboxylic acid groups (broad SMARTS) is 1. The predicted octanol–water partition coefficient (Wildman–Crippen LogP) is 2.24. The van der Waals surface area contributed by atoms with Crippen LogP contribution in [0.4, 0.5) is 5.69 Å². The molecule has 0 spiro atoms. The first-order chi connectivity index (χ1) is 9.45. The Morgan fingerprint density at radius 1 is 1.35 bits per heavy atom. The largest absolute Gasteiger partial charge is 0.481 e. The molecule has 20 heavy (non-hydrogen) atoms. The molecule has 1 aliphatic heterocycles. The Morgan fingerprint density at radius 2 is 2.00 bits per heavy atom. The number of benzene rings is 1. The third kappa shape index (κ3) is 3.48. The fourth-order valence-corrected chi connectivity index (χ4v) is 2.45. The Kier molecular flexibility index (Phi) is 4.24. The summed E-state index contributed by atoms with van der Waals surface area (Å²) in [4.78, 5) is 28.4. The molecule has 0 saturated heterocycles. The van der Waals surface area contributed by atoms with E-state index in [9.17, 15) is 9.59 Å². The molecule has 0 amide bonds. The van der Waals surface area contributed by atoms with Crippen LogP contribution in [0.15, 0.2) is 35.0 Å². The minimum Gasteiger partial charge on any atom is -0.481 e. The standard InChI is InChI=1S/C14H14N2O3S/c1-16(2)10-5-3-9(4-6-10)7-11-14(19)20-12(15-11)8-13(17)18/h3-7H,8H2,1-2H3,(H,17,18). The molecule has 1 N–H and O–H groups in total. The highest BCUT2D eigenvalue weighted by Gasteiger charge is 2.23. The van der Waals surface area contributed by atoms with Gasteiger partial charge in [0, 0.05) is 19.8 Å². The van der Waals surface area contributed by atoms with Crippen LogP contribution < -0.4 is 4.90 Å². The quantitative estimate of drug-likeness (QED) is 0.861.